The Hall–Kier alpha value is -1.54. The normalized spacial score (nSPS) is 10.4. The highest BCUT2D eigenvalue weighted by Crippen LogP contribution is 2.16. The predicted molar refractivity (Wildman–Crippen MR) is 77.2 cm³/mol. The number of benzene rings is 1. The van der Waals surface area contributed by atoms with Crippen LogP contribution in [0.25, 0.3) is 0 Å². The van der Waals surface area contributed by atoms with E-state index in [-0.39, 0.29) is 0 Å². The zero-order valence-electron chi connectivity index (χ0n) is 10.7. The molecule has 0 aliphatic carbocycles. The van der Waals surface area contributed by atoms with Crippen LogP contribution in [0.2, 0.25) is 5.15 Å². The number of aryl methyl sites for hydroxylation is 1. The molecule has 0 aliphatic rings. The van der Waals surface area contributed by atoms with E-state index in [4.69, 9.17) is 11.6 Å². The number of anilines is 1. The van der Waals surface area contributed by atoms with Crippen LogP contribution in [-0.2, 0) is 13.0 Å². The third-order valence-electron chi connectivity index (χ3n) is 2.96. The fraction of sp³-hybridized carbons (Fsp3) is 0.267. The highest BCUT2D eigenvalue weighted by atomic mass is 35.5. The first-order valence-corrected chi connectivity index (χ1v) is 6.48. The molecule has 1 aromatic carbocycles. The van der Waals surface area contributed by atoms with E-state index in [1.807, 2.05) is 12.1 Å². The van der Waals surface area contributed by atoms with Crippen LogP contribution in [0, 0.1) is 0 Å². The van der Waals surface area contributed by atoms with Crippen LogP contribution in [0.15, 0.2) is 42.5 Å². The largest absolute Gasteiger partial charge is 0.369 e. The van der Waals surface area contributed by atoms with Crippen LogP contribution in [-0.4, -0.2) is 12.0 Å². The summed E-state index contributed by atoms with van der Waals surface area (Å²) >= 11 is 5.88. The second-order valence-electron chi connectivity index (χ2n) is 4.33. The molecule has 2 aromatic rings. The third-order valence-corrected chi connectivity index (χ3v) is 3.17. The molecule has 1 heterocycles. The van der Waals surface area contributed by atoms with Crippen molar-refractivity contribution in [3.63, 3.8) is 0 Å². The molecule has 0 spiro atoms. The molecule has 0 fully saturated rings. The van der Waals surface area contributed by atoms with Crippen molar-refractivity contribution >= 4 is 17.3 Å². The van der Waals surface area contributed by atoms with Gasteiger partial charge >= 0.3 is 0 Å². The minimum Gasteiger partial charge on any atom is -0.369 e. The standard InChI is InChI=1S/C15H17ClN2/c1-3-12-7-9-14(10-8-12)18(2)11-13-5-4-6-15(16)17-13/h4-10H,3,11H2,1-2H3. The molecular weight excluding hydrogens is 244 g/mol. The summed E-state index contributed by atoms with van der Waals surface area (Å²) < 4.78 is 0. The average Bonchev–Trinajstić information content (AvgIpc) is 2.39. The van der Waals surface area contributed by atoms with Gasteiger partial charge in [0.25, 0.3) is 0 Å². The molecule has 0 saturated heterocycles. The summed E-state index contributed by atoms with van der Waals surface area (Å²) in [7, 11) is 2.06. The van der Waals surface area contributed by atoms with E-state index in [9.17, 15) is 0 Å². The number of hydrogen-bond donors (Lipinski definition) is 0. The van der Waals surface area contributed by atoms with Crippen LogP contribution in [0.4, 0.5) is 5.69 Å². The molecule has 18 heavy (non-hydrogen) atoms. The number of hydrogen-bond acceptors (Lipinski definition) is 2. The maximum Gasteiger partial charge on any atom is 0.129 e. The van der Waals surface area contributed by atoms with Crippen molar-refractivity contribution in [3.8, 4) is 0 Å². The van der Waals surface area contributed by atoms with E-state index >= 15 is 0 Å². The SMILES string of the molecule is CCc1ccc(N(C)Cc2cccc(Cl)n2)cc1. The van der Waals surface area contributed by atoms with E-state index in [0.29, 0.717) is 5.15 Å². The molecule has 94 valence electrons. The number of nitrogens with zero attached hydrogens (tertiary/aromatic N) is 2. The lowest BCUT2D eigenvalue weighted by atomic mass is 10.1. The Kier molecular flexibility index (Phi) is 4.21. The van der Waals surface area contributed by atoms with Gasteiger partial charge in [-0.15, -0.1) is 0 Å². The first kappa shape index (κ1) is 12.9. The molecule has 3 heteroatoms. The lowest BCUT2D eigenvalue weighted by molar-refractivity contribution is 0.884. The topological polar surface area (TPSA) is 16.1 Å². The zero-order valence-corrected chi connectivity index (χ0v) is 11.5. The van der Waals surface area contributed by atoms with Crippen molar-refractivity contribution in [1.29, 1.82) is 0 Å². The van der Waals surface area contributed by atoms with Crippen LogP contribution < -0.4 is 4.90 Å². The van der Waals surface area contributed by atoms with Crippen molar-refractivity contribution in [3.05, 3.63) is 58.9 Å². The summed E-state index contributed by atoms with van der Waals surface area (Å²) in [6, 6.07) is 14.3. The van der Waals surface area contributed by atoms with Gasteiger partial charge in [0.15, 0.2) is 0 Å². The average molecular weight is 261 g/mol. The highest BCUT2D eigenvalue weighted by Gasteiger charge is 2.03. The minimum absolute atomic E-state index is 0.544. The van der Waals surface area contributed by atoms with Gasteiger partial charge in [-0.05, 0) is 36.2 Å². The van der Waals surface area contributed by atoms with Crippen LogP contribution >= 0.6 is 11.6 Å². The van der Waals surface area contributed by atoms with E-state index in [1.165, 1.54) is 11.3 Å². The molecule has 0 atom stereocenters. The second kappa shape index (κ2) is 5.87. The number of halogens is 1. The Morgan fingerprint density at radius 2 is 1.83 bits per heavy atom. The van der Waals surface area contributed by atoms with E-state index < -0.39 is 0 Å². The maximum absolute atomic E-state index is 5.88. The van der Waals surface area contributed by atoms with E-state index in [2.05, 4.69) is 48.1 Å². The first-order chi connectivity index (χ1) is 8.69. The molecule has 0 aliphatic heterocycles. The van der Waals surface area contributed by atoms with E-state index in [1.54, 1.807) is 6.07 Å². The Bertz CT molecular complexity index is 508. The summed E-state index contributed by atoms with van der Waals surface area (Å²) in [4.78, 5) is 6.46. The lowest BCUT2D eigenvalue weighted by Crippen LogP contribution is -2.17. The molecule has 0 saturated carbocycles. The summed E-state index contributed by atoms with van der Waals surface area (Å²) in [5.74, 6) is 0. The van der Waals surface area contributed by atoms with Gasteiger partial charge < -0.3 is 4.90 Å². The molecule has 2 nitrogen and oxygen atoms in total. The van der Waals surface area contributed by atoms with Gasteiger partial charge in [-0.25, -0.2) is 4.98 Å². The molecule has 2 rings (SSSR count). The van der Waals surface area contributed by atoms with Gasteiger partial charge in [0.05, 0.1) is 12.2 Å². The fourth-order valence-corrected chi connectivity index (χ4v) is 2.04. The van der Waals surface area contributed by atoms with Gasteiger partial charge in [0.1, 0.15) is 5.15 Å². The minimum atomic E-state index is 0.544. The van der Waals surface area contributed by atoms with Crippen LogP contribution in [0.5, 0.6) is 0 Å². The fourth-order valence-electron chi connectivity index (χ4n) is 1.86. The summed E-state index contributed by atoms with van der Waals surface area (Å²) in [5, 5.41) is 0.544. The Labute approximate surface area is 113 Å². The summed E-state index contributed by atoms with van der Waals surface area (Å²) in [5.41, 5.74) is 3.52. The van der Waals surface area contributed by atoms with Crippen LogP contribution in [0.3, 0.4) is 0 Å². The second-order valence-corrected chi connectivity index (χ2v) is 4.71. The Morgan fingerprint density at radius 3 is 2.44 bits per heavy atom. The first-order valence-electron chi connectivity index (χ1n) is 6.10. The van der Waals surface area contributed by atoms with Gasteiger partial charge in [-0.3, -0.25) is 0 Å². The van der Waals surface area contributed by atoms with E-state index in [0.717, 1.165) is 18.7 Å². The molecular formula is C15H17ClN2. The lowest BCUT2D eigenvalue weighted by Gasteiger charge is -2.19. The zero-order chi connectivity index (χ0) is 13.0. The van der Waals surface area contributed by atoms with Gasteiger partial charge in [-0.2, -0.15) is 0 Å². The van der Waals surface area contributed by atoms with Crippen molar-refractivity contribution in [2.24, 2.45) is 0 Å². The van der Waals surface area contributed by atoms with Crippen molar-refractivity contribution in [1.82, 2.24) is 4.98 Å². The molecule has 0 bridgehead atoms. The Morgan fingerprint density at radius 1 is 1.11 bits per heavy atom. The van der Waals surface area contributed by atoms with Crippen molar-refractivity contribution in [2.75, 3.05) is 11.9 Å². The number of rotatable bonds is 4. The molecule has 0 radical (unpaired) electrons. The summed E-state index contributed by atoms with van der Waals surface area (Å²) in [6.07, 6.45) is 1.07. The number of pyridine rings is 1. The van der Waals surface area contributed by atoms with Crippen molar-refractivity contribution in [2.45, 2.75) is 19.9 Å². The Balaban J connectivity index is 2.09. The monoisotopic (exact) mass is 260 g/mol. The third kappa shape index (κ3) is 3.23. The molecule has 0 unspecified atom stereocenters. The van der Waals surface area contributed by atoms with Crippen LogP contribution in [0.1, 0.15) is 18.2 Å². The van der Waals surface area contributed by atoms with Gasteiger partial charge in [0.2, 0.25) is 0 Å². The quantitative estimate of drug-likeness (QED) is 0.775. The predicted octanol–water partition coefficient (Wildman–Crippen LogP) is 3.93. The van der Waals surface area contributed by atoms with Crippen molar-refractivity contribution < 1.29 is 0 Å². The summed E-state index contributed by atoms with van der Waals surface area (Å²) in [6.45, 7) is 2.92. The van der Waals surface area contributed by atoms with Gasteiger partial charge in [0, 0.05) is 12.7 Å². The molecule has 0 amide bonds. The molecule has 0 N–H and O–H groups in total. The van der Waals surface area contributed by atoms with Gasteiger partial charge in [-0.1, -0.05) is 36.7 Å². The number of aromatic nitrogens is 1. The smallest absolute Gasteiger partial charge is 0.129 e. The maximum atomic E-state index is 5.88. The molecule has 1 aromatic heterocycles. The highest BCUT2D eigenvalue weighted by molar-refractivity contribution is 6.29.